The molecule has 6 nitrogen and oxygen atoms in total. The van der Waals surface area contributed by atoms with Gasteiger partial charge in [0.1, 0.15) is 11.5 Å². The van der Waals surface area contributed by atoms with Gasteiger partial charge >= 0.3 is 5.97 Å². The second-order valence-corrected chi connectivity index (χ2v) is 6.06. The molecule has 1 aliphatic rings. The Labute approximate surface area is 143 Å². The van der Waals surface area contributed by atoms with Gasteiger partial charge in [0.15, 0.2) is 11.3 Å². The van der Waals surface area contributed by atoms with Gasteiger partial charge in [-0.05, 0) is 43.5 Å². The summed E-state index contributed by atoms with van der Waals surface area (Å²) in [6.07, 6.45) is 3.04. The number of carbonyl (C=O) groups excluding carboxylic acids is 1. The topological polar surface area (TPSA) is 81.4 Å². The van der Waals surface area contributed by atoms with E-state index in [1.807, 2.05) is 0 Å². The van der Waals surface area contributed by atoms with E-state index < -0.39 is 28.7 Å². The van der Waals surface area contributed by atoms with Crippen LogP contribution in [-0.4, -0.2) is 27.5 Å². The molecule has 1 heterocycles. The number of rotatable bonds is 6. The number of ether oxygens (including phenoxy) is 1. The highest BCUT2D eigenvalue weighted by Crippen LogP contribution is 2.33. The predicted molar refractivity (Wildman–Crippen MR) is 88.9 cm³/mol. The molecule has 0 atom stereocenters. The smallest absolute Gasteiger partial charge is 0.347 e. The summed E-state index contributed by atoms with van der Waals surface area (Å²) < 4.78 is 19.2. The van der Waals surface area contributed by atoms with Crippen molar-refractivity contribution in [3.63, 3.8) is 0 Å². The number of nitrogens with zero attached hydrogens (tertiary/aromatic N) is 2. The van der Waals surface area contributed by atoms with Gasteiger partial charge in [-0.3, -0.25) is 4.79 Å². The van der Waals surface area contributed by atoms with Gasteiger partial charge in [-0.25, -0.2) is 13.9 Å². The van der Waals surface area contributed by atoms with Crippen LogP contribution in [0.3, 0.4) is 0 Å². The minimum absolute atomic E-state index is 0.0541. The fourth-order valence-electron chi connectivity index (χ4n) is 2.61. The monoisotopic (exact) mass is 346 g/mol. The van der Waals surface area contributed by atoms with Gasteiger partial charge in [-0.2, -0.15) is 5.10 Å². The molecule has 1 fully saturated rings. The number of aromatic nitrogens is 2. The van der Waals surface area contributed by atoms with Gasteiger partial charge in [0.05, 0.1) is 6.61 Å². The maximum atomic E-state index is 13.2. The average molecular weight is 346 g/mol. The third-order valence-corrected chi connectivity index (χ3v) is 4.17. The Hall–Kier alpha value is -2.70. The molecule has 0 aliphatic heterocycles. The van der Waals surface area contributed by atoms with Crippen molar-refractivity contribution in [2.24, 2.45) is 5.92 Å². The van der Waals surface area contributed by atoms with Gasteiger partial charge in [0.2, 0.25) is 0 Å². The quantitative estimate of drug-likeness (QED) is 0.814. The van der Waals surface area contributed by atoms with Crippen LogP contribution >= 0.6 is 0 Å². The average Bonchev–Trinajstić information content (AvgIpc) is 3.40. The van der Waals surface area contributed by atoms with Gasteiger partial charge in [0.25, 0.3) is 5.56 Å². The predicted octanol–water partition coefficient (Wildman–Crippen LogP) is 2.73. The zero-order chi connectivity index (χ0) is 18.0. The lowest BCUT2D eigenvalue weighted by Gasteiger charge is -2.13. The van der Waals surface area contributed by atoms with Crippen LogP contribution in [0.2, 0.25) is 0 Å². The second-order valence-electron chi connectivity index (χ2n) is 6.06. The van der Waals surface area contributed by atoms with Crippen molar-refractivity contribution in [3.8, 4) is 17.0 Å². The molecule has 0 radical (unpaired) electrons. The van der Waals surface area contributed by atoms with Crippen LogP contribution in [0.5, 0.6) is 5.75 Å². The van der Waals surface area contributed by atoms with E-state index in [-0.39, 0.29) is 12.3 Å². The standard InChI is InChI=1S/C18H19FN2O4/c1-2-25-18(24)14-16(22)15(12-5-7-13(19)8-6-12)20-21(17(14)23)10-9-11-3-4-11/h5-8,11,22H,2-4,9-10H2,1H3. The Balaban J connectivity index is 2.10. The third kappa shape index (κ3) is 3.70. The summed E-state index contributed by atoms with van der Waals surface area (Å²) in [5.74, 6) is -1.30. The summed E-state index contributed by atoms with van der Waals surface area (Å²) in [5.41, 5.74) is -0.655. The number of halogens is 1. The number of hydrogen-bond donors (Lipinski definition) is 1. The highest BCUT2D eigenvalue weighted by molar-refractivity contribution is 5.94. The summed E-state index contributed by atoms with van der Waals surface area (Å²) in [6.45, 7) is 2.04. The van der Waals surface area contributed by atoms with E-state index in [1.165, 1.54) is 28.9 Å². The Morgan fingerprint density at radius 2 is 2.04 bits per heavy atom. The van der Waals surface area contributed by atoms with E-state index >= 15 is 0 Å². The first-order valence-corrected chi connectivity index (χ1v) is 8.28. The summed E-state index contributed by atoms with van der Waals surface area (Å²) in [6, 6.07) is 5.31. The second kappa shape index (κ2) is 7.04. The summed E-state index contributed by atoms with van der Waals surface area (Å²) >= 11 is 0. The number of hydrogen-bond acceptors (Lipinski definition) is 5. The third-order valence-electron chi connectivity index (χ3n) is 4.17. The van der Waals surface area contributed by atoms with Crippen LogP contribution in [0.15, 0.2) is 29.1 Å². The Morgan fingerprint density at radius 3 is 2.64 bits per heavy atom. The van der Waals surface area contributed by atoms with Crippen molar-refractivity contribution in [2.45, 2.75) is 32.7 Å². The van der Waals surface area contributed by atoms with Crippen molar-refractivity contribution in [1.82, 2.24) is 9.78 Å². The zero-order valence-corrected chi connectivity index (χ0v) is 13.9. The molecule has 0 unspecified atom stereocenters. The molecule has 2 aromatic rings. The first-order chi connectivity index (χ1) is 12.0. The van der Waals surface area contributed by atoms with Crippen LogP contribution < -0.4 is 5.56 Å². The van der Waals surface area contributed by atoms with E-state index in [0.29, 0.717) is 18.0 Å². The van der Waals surface area contributed by atoms with E-state index in [1.54, 1.807) is 6.92 Å². The summed E-state index contributed by atoms with van der Waals surface area (Å²) in [4.78, 5) is 24.7. The van der Waals surface area contributed by atoms with E-state index in [4.69, 9.17) is 4.74 Å². The lowest BCUT2D eigenvalue weighted by Crippen LogP contribution is -2.30. The lowest BCUT2D eigenvalue weighted by atomic mass is 10.1. The summed E-state index contributed by atoms with van der Waals surface area (Å²) in [7, 11) is 0. The van der Waals surface area contributed by atoms with Crippen LogP contribution in [0, 0.1) is 11.7 Å². The maximum Gasteiger partial charge on any atom is 0.347 e. The highest BCUT2D eigenvalue weighted by atomic mass is 19.1. The van der Waals surface area contributed by atoms with Gasteiger partial charge in [0, 0.05) is 12.1 Å². The molecule has 3 rings (SSSR count). The molecule has 0 spiro atoms. The normalized spacial score (nSPS) is 13.7. The van der Waals surface area contributed by atoms with Crippen molar-refractivity contribution >= 4 is 5.97 Å². The number of carbonyl (C=O) groups is 1. The molecule has 0 saturated heterocycles. The van der Waals surface area contributed by atoms with Crippen molar-refractivity contribution in [3.05, 3.63) is 46.0 Å². The van der Waals surface area contributed by atoms with E-state index in [9.17, 15) is 19.1 Å². The maximum absolute atomic E-state index is 13.2. The first kappa shape index (κ1) is 17.1. The molecule has 0 amide bonds. The largest absolute Gasteiger partial charge is 0.505 e. The number of aromatic hydroxyl groups is 1. The van der Waals surface area contributed by atoms with Gasteiger partial charge < -0.3 is 9.84 Å². The molecule has 1 N–H and O–H groups in total. The summed E-state index contributed by atoms with van der Waals surface area (Å²) in [5, 5.41) is 14.6. The molecule has 7 heteroatoms. The Morgan fingerprint density at radius 1 is 1.36 bits per heavy atom. The molecule has 0 bridgehead atoms. The van der Waals surface area contributed by atoms with Gasteiger partial charge in [-0.15, -0.1) is 0 Å². The van der Waals surface area contributed by atoms with Crippen molar-refractivity contribution in [1.29, 1.82) is 0 Å². The molecular weight excluding hydrogens is 327 g/mol. The highest BCUT2D eigenvalue weighted by Gasteiger charge is 2.26. The molecule has 1 aliphatic carbocycles. The number of aryl methyl sites for hydroxylation is 1. The molecule has 132 valence electrons. The number of esters is 1. The molecule has 1 aromatic carbocycles. The van der Waals surface area contributed by atoms with E-state index in [0.717, 1.165) is 19.3 Å². The molecular formula is C18H19FN2O4. The van der Waals surface area contributed by atoms with Crippen LogP contribution in [0.4, 0.5) is 4.39 Å². The van der Waals surface area contributed by atoms with Crippen LogP contribution in [-0.2, 0) is 11.3 Å². The fourth-order valence-corrected chi connectivity index (χ4v) is 2.61. The van der Waals surface area contributed by atoms with E-state index in [2.05, 4.69) is 5.10 Å². The molecule has 1 aromatic heterocycles. The Kier molecular flexibility index (Phi) is 4.83. The zero-order valence-electron chi connectivity index (χ0n) is 13.9. The van der Waals surface area contributed by atoms with Crippen molar-refractivity contribution < 1.29 is 19.0 Å². The fraction of sp³-hybridized carbons (Fsp3) is 0.389. The minimum Gasteiger partial charge on any atom is -0.505 e. The number of benzene rings is 1. The van der Waals surface area contributed by atoms with Crippen LogP contribution in [0.1, 0.15) is 36.5 Å². The van der Waals surface area contributed by atoms with Crippen molar-refractivity contribution in [2.75, 3.05) is 6.61 Å². The SMILES string of the molecule is CCOC(=O)c1c(O)c(-c2ccc(F)cc2)nn(CCC2CC2)c1=O. The lowest BCUT2D eigenvalue weighted by molar-refractivity contribution is 0.0519. The molecule has 1 saturated carbocycles. The first-order valence-electron chi connectivity index (χ1n) is 8.28. The molecule has 25 heavy (non-hydrogen) atoms. The minimum atomic E-state index is -0.893. The van der Waals surface area contributed by atoms with Gasteiger partial charge in [-0.1, -0.05) is 12.8 Å². The van der Waals surface area contributed by atoms with Crippen LogP contribution in [0.25, 0.3) is 11.3 Å². The Bertz CT molecular complexity index is 841.